The van der Waals surface area contributed by atoms with E-state index in [1.165, 1.54) is 7.11 Å². The van der Waals surface area contributed by atoms with Gasteiger partial charge in [-0.15, -0.1) is 0 Å². The molecule has 2 N–H and O–H groups in total. The van der Waals surface area contributed by atoms with Crippen molar-refractivity contribution in [2.75, 3.05) is 56.6 Å². The molecule has 9 heteroatoms. The van der Waals surface area contributed by atoms with E-state index >= 15 is 0 Å². The van der Waals surface area contributed by atoms with Crippen LogP contribution in [-0.2, 0) is 4.74 Å². The van der Waals surface area contributed by atoms with Crippen LogP contribution in [0.1, 0.15) is 22.3 Å². The molecule has 9 nitrogen and oxygen atoms in total. The highest BCUT2D eigenvalue weighted by atomic mass is 16.5. The molecular weight excluding hydrogens is 384 g/mol. The fourth-order valence-corrected chi connectivity index (χ4v) is 3.30. The third kappa shape index (κ3) is 5.90. The number of carbonyl (C=O) groups is 2. The molecule has 2 aromatic rings. The first kappa shape index (κ1) is 21.5. The SMILES string of the molecule is COC(=O)c1ccc(C)c(NC(=O)NCCCN2CCN(c3ncccn3)CC2)c1. The molecule has 30 heavy (non-hydrogen) atoms. The second kappa shape index (κ2) is 10.5. The Kier molecular flexibility index (Phi) is 7.56. The van der Waals surface area contributed by atoms with E-state index in [1.54, 1.807) is 30.6 Å². The lowest BCUT2D eigenvalue weighted by Crippen LogP contribution is -2.47. The Morgan fingerprint density at radius 3 is 2.57 bits per heavy atom. The van der Waals surface area contributed by atoms with Crippen LogP contribution in [0.3, 0.4) is 0 Å². The number of esters is 1. The number of amides is 2. The maximum absolute atomic E-state index is 12.2. The van der Waals surface area contributed by atoms with Gasteiger partial charge >= 0.3 is 12.0 Å². The maximum atomic E-state index is 12.2. The molecule has 1 saturated heterocycles. The van der Waals surface area contributed by atoms with Gasteiger partial charge in [-0.2, -0.15) is 0 Å². The van der Waals surface area contributed by atoms with Gasteiger partial charge in [-0.25, -0.2) is 19.6 Å². The first-order valence-electron chi connectivity index (χ1n) is 10.0. The molecule has 160 valence electrons. The number of piperazine rings is 1. The molecule has 3 rings (SSSR count). The highest BCUT2D eigenvalue weighted by Gasteiger charge is 2.18. The lowest BCUT2D eigenvalue weighted by molar-refractivity contribution is 0.0600. The topological polar surface area (TPSA) is 99.7 Å². The molecule has 0 spiro atoms. The number of urea groups is 1. The Morgan fingerprint density at radius 1 is 1.13 bits per heavy atom. The van der Waals surface area contributed by atoms with Gasteiger partial charge in [0.05, 0.1) is 12.7 Å². The number of rotatable bonds is 7. The number of carbonyl (C=O) groups excluding carboxylic acids is 2. The van der Waals surface area contributed by atoms with E-state index in [0.29, 0.717) is 17.8 Å². The predicted molar refractivity (Wildman–Crippen MR) is 115 cm³/mol. The summed E-state index contributed by atoms with van der Waals surface area (Å²) in [5, 5.41) is 5.67. The fourth-order valence-electron chi connectivity index (χ4n) is 3.30. The summed E-state index contributed by atoms with van der Waals surface area (Å²) in [7, 11) is 1.33. The Morgan fingerprint density at radius 2 is 1.87 bits per heavy atom. The molecule has 0 bridgehead atoms. The smallest absolute Gasteiger partial charge is 0.337 e. The van der Waals surface area contributed by atoms with E-state index in [2.05, 4.69) is 30.4 Å². The zero-order chi connectivity index (χ0) is 21.3. The van der Waals surface area contributed by atoms with Gasteiger partial charge in [0.15, 0.2) is 0 Å². The van der Waals surface area contributed by atoms with Crippen molar-refractivity contribution in [2.45, 2.75) is 13.3 Å². The summed E-state index contributed by atoms with van der Waals surface area (Å²) in [6, 6.07) is 6.61. The van der Waals surface area contributed by atoms with E-state index in [0.717, 1.165) is 50.7 Å². The van der Waals surface area contributed by atoms with Gasteiger partial charge in [-0.05, 0) is 43.7 Å². The van der Waals surface area contributed by atoms with E-state index < -0.39 is 5.97 Å². The van der Waals surface area contributed by atoms with Crippen LogP contribution in [0.2, 0.25) is 0 Å². The summed E-state index contributed by atoms with van der Waals surface area (Å²) in [6.45, 7) is 7.05. The first-order chi connectivity index (χ1) is 14.6. The lowest BCUT2D eigenvalue weighted by atomic mass is 10.1. The molecule has 2 amide bonds. The minimum atomic E-state index is -0.433. The van der Waals surface area contributed by atoms with Crippen molar-refractivity contribution in [2.24, 2.45) is 0 Å². The van der Waals surface area contributed by atoms with Crippen molar-refractivity contribution < 1.29 is 14.3 Å². The number of nitrogens with one attached hydrogen (secondary N) is 2. The Hall–Kier alpha value is -3.20. The number of ether oxygens (including phenoxy) is 1. The quantitative estimate of drug-likeness (QED) is 0.529. The van der Waals surface area contributed by atoms with Gasteiger partial charge in [0, 0.05) is 50.8 Å². The van der Waals surface area contributed by atoms with Crippen LogP contribution >= 0.6 is 0 Å². The summed E-state index contributed by atoms with van der Waals surface area (Å²) in [6.07, 6.45) is 4.38. The van der Waals surface area contributed by atoms with Gasteiger partial charge in [-0.3, -0.25) is 4.90 Å². The second-order valence-electron chi connectivity index (χ2n) is 7.13. The molecule has 1 aliphatic rings. The molecule has 1 aromatic carbocycles. The molecule has 0 unspecified atom stereocenters. The van der Waals surface area contributed by atoms with Crippen molar-refractivity contribution in [1.82, 2.24) is 20.2 Å². The lowest BCUT2D eigenvalue weighted by Gasteiger charge is -2.34. The van der Waals surface area contributed by atoms with Crippen LogP contribution in [0.5, 0.6) is 0 Å². The van der Waals surface area contributed by atoms with Crippen molar-refractivity contribution in [3.8, 4) is 0 Å². The number of aryl methyl sites for hydroxylation is 1. The van der Waals surface area contributed by atoms with E-state index in [-0.39, 0.29) is 6.03 Å². The van der Waals surface area contributed by atoms with Crippen molar-refractivity contribution in [3.63, 3.8) is 0 Å². The summed E-state index contributed by atoms with van der Waals surface area (Å²) < 4.78 is 4.72. The standard InChI is InChI=1S/C21H28N6O3/c1-16-5-6-17(19(28)30-2)15-18(16)25-21(29)24-9-4-10-26-11-13-27(14-12-26)20-22-7-3-8-23-20/h3,5-8,15H,4,9-14H2,1-2H3,(H2,24,25,29). The van der Waals surface area contributed by atoms with Crippen molar-refractivity contribution in [1.29, 1.82) is 0 Å². The number of benzene rings is 1. The Balaban J connectivity index is 1.36. The first-order valence-corrected chi connectivity index (χ1v) is 10.0. The van der Waals surface area contributed by atoms with Gasteiger partial charge in [-0.1, -0.05) is 6.07 Å². The summed E-state index contributed by atoms with van der Waals surface area (Å²) in [5.41, 5.74) is 1.87. The Bertz CT molecular complexity index is 853. The second-order valence-corrected chi connectivity index (χ2v) is 7.13. The number of nitrogens with zero attached hydrogens (tertiary/aromatic N) is 4. The van der Waals surface area contributed by atoms with Crippen LogP contribution < -0.4 is 15.5 Å². The number of hydrogen-bond donors (Lipinski definition) is 2. The van der Waals surface area contributed by atoms with Crippen LogP contribution in [0, 0.1) is 6.92 Å². The normalized spacial score (nSPS) is 14.3. The Labute approximate surface area is 176 Å². The molecule has 1 aromatic heterocycles. The summed E-state index contributed by atoms with van der Waals surface area (Å²) in [5.74, 6) is 0.347. The van der Waals surface area contributed by atoms with Gasteiger partial charge in [0.1, 0.15) is 0 Å². The monoisotopic (exact) mass is 412 g/mol. The highest BCUT2D eigenvalue weighted by molar-refractivity contribution is 5.94. The number of hydrogen-bond acceptors (Lipinski definition) is 7. The maximum Gasteiger partial charge on any atom is 0.337 e. The van der Waals surface area contributed by atoms with Crippen molar-refractivity contribution in [3.05, 3.63) is 47.8 Å². The zero-order valence-electron chi connectivity index (χ0n) is 17.4. The molecule has 1 aliphatic heterocycles. The average molecular weight is 412 g/mol. The summed E-state index contributed by atoms with van der Waals surface area (Å²) >= 11 is 0. The average Bonchev–Trinajstić information content (AvgIpc) is 2.78. The van der Waals surface area contributed by atoms with E-state index in [4.69, 9.17) is 4.74 Å². The zero-order valence-corrected chi connectivity index (χ0v) is 17.4. The van der Waals surface area contributed by atoms with Crippen LogP contribution in [0.4, 0.5) is 16.4 Å². The predicted octanol–water partition coefficient (Wildman–Crippen LogP) is 1.91. The highest BCUT2D eigenvalue weighted by Crippen LogP contribution is 2.17. The van der Waals surface area contributed by atoms with Gasteiger partial charge < -0.3 is 20.3 Å². The molecule has 1 fully saturated rings. The van der Waals surface area contributed by atoms with Crippen LogP contribution in [-0.4, -0.2) is 73.2 Å². The van der Waals surface area contributed by atoms with E-state index in [1.807, 2.05) is 13.0 Å². The molecule has 0 saturated carbocycles. The molecular formula is C21H28N6O3. The summed E-state index contributed by atoms with van der Waals surface area (Å²) in [4.78, 5) is 37.0. The van der Waals surface area contributed by atoms with Gasteiger partial charge in [0.2, 0.25) is 5.95 Å². The van der Waals surface area contributed by atoms with Crippen molar-refractivity contribution >= 4 is 23.6 Å². The van der Waals surface area contributed by atoms with E-state index in [9.17, 15) is 9.59 Å². The number of anilines is 2. The molecule has 0 aliphatic carbocycles. The third-order valence-corrected chi connectivity index (χ3v) is 5.05. The number of methoxy groups -OCH3 is 1. The fraction of sp³-hybridized carbons (Fsp3) is 0.429. The molecule has 0 radical (unpaired) electrons. The molecule has 0 atom stereocenters. The molecule has 2 heterocycles. The third-order valence-electron chi connectivity index (χ3n) is 5.05. The minimum absolute atomic E-state index is 0.286. The van der Waals surface area contributed by atoms with Crippen LogP contribution in [0.25, 0.3) is 0 Å². The minimum Gasteiger partial charge on any atom is -0.465 e. The number of aromatic nitrogens is 2. The van der Waals surface area contributed by atoms with Crippen LogP contribution in [0.15, 0.2) is 36.7 Å². The van der Waals surface area contributed by atoms with Gasteiger partial charge in [0.25, 0.3) is 0 Å². The largest absolute Gasteiger partial charge is 0.465 e.